The first kappa shape index (κ1) is 14.9. The first-order valence-electron chi connectivity index (χ1n) is 9.31. The molecular weight excluding hydrogens is 274 g/mol. The topological polar surface area (TPSA) is 57.1 Å². The average Bonchev–Trinajstić information content (AvgIpc) is 3.23. The molecule has 0 spiro atoms. The van der Waals surface area contributed by atoms with E-state index in [4.69, 9.17) is 4.74 Å². The Morgan fingerprint density at radius 3 is 2.59 bits per heavy atom. The van der Waals surface area contributed by atoms with Crippen LogP contribution in [0, 0.1) is 46.8 Å². The second kappa shape index (κ2) is 6.47. The van der Waals surface area contributed by atoms with Gasteiger partial charge in [-0.15, -0.1) is 0 Å². The molecular formula is C18H29N3O. The maximum Gasteiger partial charge on any atom is 0.0658 e. The zero-order valence-electron chi connectivity index (χ0n) is 13.5. The second-order valence-electron chi connectivity index (χ2n) is 7.93. The van der Waals surface area contributed by atoms with Crippen molar-refractivity contribution in [1.82, 2.24) is 10.6 Å². The van der Waals surface area contributed by atoms with E-state index in [9.17, 15) is 5.26 Å². The summed E-state index contributed by atoms with van der Waals surface area (Å²) in [5, 5.41) is 17.0. The van der Waals surface area contributed by atoms with E-state index in [0.717, 1.165) is 50.5 Å². The summed E-state index contributed by atoms with van der Waals surface area (Å²) in [5.74, 6) is 3.91. The van der Waals surface area contributed by atoms with E-state index in [1.165, 1.54) is 32.1 Å². The number of rotatable bonds is 2. The summed E-state index contributed by atoms with van der Waals surface area (Å²) < 4.78 is 5.64. The molecule has 1 aliphatic carbocycles. The van der Waals surface area contributed by atoms with Crippen LogP contribution in [0.4, 0.5) is 0 Å². The molecule has 0 radical (unpaired) electrons. The Labute approximate surface area is 134 Å². The van der Waals surface area contributed by atoms with Gasteiger partial charge in [-0.3, -0.25) is 0 Å². The molecule has 4 fully saturated rings. The van der Waals surface area contributed by atoms with Crippen LogP contribution in [0.1, 0.15) is 38.5 Å². The fourth-order valence-corrected chi connectivity index (χ4v) is 5.68. The van der Waals surface area contributed by atoms with Crippen molar-refractivity contribution in [3.63, 3.8) is 0 Å². The zero-order chi connectivity index (χ0) is 14.9. The Morgan fingerprint density at radius 2 is 1.77 bits per heavy atom. The molecule has 22 heavy (non-hydrogen) atoms. The highest BCUT2D eigenvalue weighted by Crippen LogP contribution is 2.44. The van der Waals surface area contributed by atoms with Crippen molar-refractivity contribution >= 4 is 0 Å². The SMILES string of the molecule is N#CC1CCCCC1C1CNC2NCC(C3CCOC3)C2C1. The second-order valence-corrected chi connectivity index (χ2v) is 7.93. The molecule has 3 saturated heterocycles. The van der Waals surface area contributed by atoms with Gasteiger partial charge < -0.3 is 15.4 Å². The van der Waals surface area contributed by atoms with Gasteiger partial charge in [0.25, 0.3) is 0 Å². The standard InChI is InChI=1S/C18H29N3O/c19-8-12-3-1-2-4-15(12)14-7-16-17(13-5-6-22-11-13)10-21-18(16)20-9-14/h12-18,20-21H,1-7,9-11H2. The first-order chi connectivity index (χ1) is 10.9. The van der Waals surface area contributed by atoms with Crippen LogP contribution in [-0.4, -0.2) is 32.5 Å². The Morgan fingerprint density at radius 1 is 0.909 bits per heavy atom. The third-order valence-corrected chi connectivity index (χ3v) is 6.89. The first-order valence-corrected chi connectivity index (χ1v) is 9.31. The van der Waals surface area contributed by atoms with Gasteiger partial charge in [0.2, 0.25) is 0 Å². The lowest BCUT2D eigenvalue weighted by Gasteiger charge is -2.42. The van der Waals surface area contributed by atoms with Gasteiger partial charge in [0.05, 0.1) is 12.2 Å². The summed E-state index contributed by atoms with van der Waals surface area (Å²) in [5.41, 5.74) is 0. The molecule has 0 amide bonds. The van der Waals surface area contributed by atoms with E-state index in [0.29, 0.717) is 23.9 Å². The lowest BCUT2D eigenvalue weighted by Crippen LogP contribution is -2.51. The number of nitrogens with one attached hydrogen (secondary N) is 2. The van der Waals surface area contributed by atoms with E-state index in [1.54, 1.807) is 0 Å². The van der Waals surface area contributed by atoms with E-state index < -0.39 is 0 Å². The summed E-state index contributed by atoms with van der Waals surface area (Å²) in [7, 11) is 0. The maximum absolute atomic E-state index is 9.50. The molecule has 0 aromatic carbocycles. The largest absolute Gasteiger partial charge is 0.381 e. The normalized spacial score (nSPS) is 48.8. The molecule has 0 aromatic heterocycles. The van der Waals surface area contributed by atoms with Crippen molar-refractivity contribution in [2.75, 3.05) is 26.3 Å². The smallest absolute Gasteiger partial charge is 0.0658 e. The molecule has 7 unspecified atom stereocenters. The monoisotopic (exact) mass is 303 g/mol. The van der Waals surface area contributed by atoms with Crippen molar-refractivity contribution < 1.29 is 4.74 Å². The fraction of sp³-hybridized carbons (Fsp3) is 0.944. The molecule has 0 aromatic rings. The van der Waals surface area contributed by atoms with Gasteiger partial charge in [0, 0.05) is 25.7 Å². The summed E-state index contributed by atoms with van der Waals surface area (Å²) in [6, 6.07) is 2.61. The molecule has 0 bridgehead atoms. The molecule has 3 heterocycles. The van der Waals surface area contributed by atoms with E-state index in [1.807, 2.05) is 0 Å². The molecule has 4 rings (SSSR count). The van der Waals surface area contributed by atoms with E-state index in [2.05, 4.69) is 16.7 Å². The van der Waals surface area contributed by atoms with Crippen LogP contribution in [-0.2, 0) is 4.74 Å². The quantitative estimate of drug-likeness (QED) is 0.820. The number of ether oxygens (including phenoxy) is 1. The zero-order valence-corrected chi connectivity index (χ0v) is 13.5. The Bertz CT molecular complexity index is 429. The van der Waals surface area contributed by atoms with Gasteiger partial charge in [-0.05, 0) is 61.8 Å². The molecule has 4 heteroatoms. The number of nitrogens with zero attached hydrogens (tertiary/aromatic N) is 1. The van der Waals surface area contributed by atoms with Crippen LogP contribution >= 0.6 is 0 Å². The molecule has 1 saturated carbocycles. The van der Waals surface area contributed by atoms with Gasteiger partial charge in [-0.2, -0.15) is 5.26 Å². The molecule has 2 N–H and O–H groups in total. The minimum atomic E-state index is 0.305. The Kier molecular flexibility index (Phi) is 4.39. The van der Waals surface area contributed by atoms with Crippen LogP contribution in [0.3, 0.4) is 0 Å². The average molecular weight is 303 g/mol. The van der Waals surface area contributed by atoms with Crippen LogP contribution in [0.5, 0.6) is 0 Å². The van der Waals surface area contributed by atoms with Crippen molar-refractivity contribution in [3.05, 3.63) is 0 Å². The number of hydrogen-bond acceptors (Lipinski definition) is 4. The van der Waals surface area contributed by atoms with Crippen molar-refractivity contribution in [3.8, 4) is 6.07 Å². The van der Waals surface area contributed by atoms with Crippen LogP contribution < -0.4 is 10.6 Å². The number of fused-ring (bicyclic) bond motifs is 1. The van der Waals surface area contributed by atoms with E-state index >= 15 is 0 Å². The summed E-state index contributed by atoms with van der Waals surface area (Å²) in [6.07, 6.45) is 8.04. The molecule has 4 aliphatic rings. The lowest BCUT2D eigenvalue weighted by molar-refractivity contribution is 0.0922. The number of nitriles is 1. The maximum atomic E-state index is 9.50. The predicted molar refractivity (Wildman–Crippen MR) is 84.9 cm³/mol. The Balaban J connectivity index is 1.45. The van der Waals surface area contributed by atoms with Gasteiger partial charge in [-0.25, -0.2) is 0 Å². The highest BCUT2D eigenvalue weighted by atomic mass is 16.5. The highest BCUT2D eigenvalue weighted by molar-refractivity contribution is 5.01. The third kappa shape index (κ3) is 2.68. The van der Waals surface area contributed by atoms with Gasteiger partial charge in [-0.1, -0.05) is 12.8 Å². The van der Waals surface area contributed by atoms with Crippen LogP contribution in [0.25, 0.3) is 0 Å². The minimum Gasteiger partial charge on any atom is -0.381 e. The predicted octanol–water partition coefficient (Wildman–Crippen LogP) is 2.12. The van der Waals surface area contributed by atoms with Crippen molar-refractivity contribution in [2.45, 2.75) is 44.7 Å². The molecule has 122 valence electrons. The number of piperidine rings is 1. The highest BCUT2D eigenvalue weighted by Gasteiger charge is 2.46. The lowest BCUT2D eigenvalue weighted by atomic mass is 9.67. The van der Waals surface area contributed by atoms with Gasteiger partial charge in [0.15, 0.2) is 0 Å². The van der Waals surface area contributed by atoms with Gasteiger partial charge >= 0.3 is 0 Å². The van der Waals surface area contributed by atoms with Crippen LogP contribution in [0.15, 0.2) is 0 Å². The summed E-state index contributed by atoms with van der Waals surface area (Å²) >= 11 is 0. The van der Waals surface area contributed by atoms with Crippen LogP contribution in [0.2, 0.25) is 0 Å². The third-order valence-electron chi connectivity index (χ3n) is 6.89. The molecule has 7 atom stereocenters. The Hall–Kier alpha value is -0.630. The van der Waals surface area contributed by atoms with Gasteiger partial charge in [0.1, 0.15) is 0 Å². The van der Waals surface area contributed by atoms with Crippen molar-refractivity contribution in [2.24, 2.45) is 35.5 Å². The molecule has 3 aliphatic heterocycles. The summed E-state index contributed by atoms with van der Waals surface area (Å²) in [4.78, 5) is 0. The number of hydrogen-bond donors (Lipinski definition) is 2. The van der Waals surface area contributed by atoms with E-state index in [-0.39, 0.29) is 0 Å². The summed E-state index contributed by atoms with van der Waals surface area (Å²) in [6.45, 7) is 4.17. The molecule has 4 nitrogen and oxygen atoms in total. The fourth-order valence-electron chi connectivity index (χ4n) is 5.68. The van der Waals surface area contributed by atoms with Crippen molar-refractivity contribution in [1.29, 1.82) is 5.26 Å². The minimum absolute atomic E-state index is 0.305.